The van der Waals surface area contributed by atoms with Gasteiger partial charge in [-0.05, 0) is 50.7 Å². The Hall–Kier alpha value is -2.44. The first kappa shape index (κ1) is 26.2. The Labute approximate surface area is 203 Å². The molecule has 2 heterocycles. The van der Waals surface area contributed by atoms with Crippen molar-refractivity contribution in [3.05, 3.63) is 53.9 Å². The smallest absolute Gasteiger partial charge is 0.247 e. The van der Waals surface area contributed by atoms with Gasteiger partial charge in [-0.1, -0.05) is 31.8 Å². The Kier molecular flexibility index (Phi) is 9.09. The fraction of sp³-hybridized carbons (Fsp3) is 0.500. The molecule has 3 rings (SSSR count). The molecule has 184 valence electrons. The Balaban J connectivity index is 1.97. The minimum atomic E-state index is -3.85. The third-order valence-corrected chi connectivity index (χ3v) is 7.94. The summed E-state index contributed by atoms with van der Waals surface area (Å²) in [4.78, 5) is 6.64. The number of benzene rings is 1. The number of nitrogens with zero attached hydrogens (tertiary/aromatic N) is 3. The largest absolute Gasteiger partial charge is 0.487 e. The fourth-order valence-electron chi connectivity index (χ4n) is 3.95. The molecule has 0 spiro atoms. The van der Waals surface area contributed by atoms with E-state index in [1.165, 1.54) is 4.31 Å². The van der Waals surface area contributed by atoms with Crippen molar-refractivity contribution in [2.45, 2.75) is 57.2 Å². The molecule has 0 aliphatic carbocycles. The maximum absolute atomic E-state index is 13.5. The maximum atomic E-state index is 13.5. The van der Waals surface area contributed by atoms with Gasteiger partial charge < -0.3 is 9.84 Å². The van der Waals surface area contributed by atoms with E-state index in [0.29, 0.717) is 18.8 Å². The van der Waals surface area contributed by atoms with E-state index >= 15 is 0 Å². The molecule has 3 atom stereocenters. The quantitative estimate of drug-likeness (QED) is 0.607. The number of aliphatic hydroxyl groups is 1. The van der Waals surface area contributed by atoms with E-state index in [4.69, 9.17) is 4.74 Å². The van der Waals surface area contributed by atoms with E-state index in [1.807, 2.05) is 32.2 Å². The number of hydrogen-bond acceptors (Lipinski definition) is 6. The zero-order valence-electron chi connectivity index (χ0n) is 20.4. The number of pyridine rings is 1. The fourth-order valence-corrected chi connectivity index (χ4v) is 5.78. The summed E-state index contributed by atoms with van der Waals surface area (Å²) in [5.41, 5.74) is 1.67. The van der Waals surface area contributed by atoms with Crippen LogP contribution in [0.25, 0.3) is 0 Å². The highest BCUT2D eigenvalue weighted by Crippen LogP contribution is 2.34. The number of aliphatic hydroxyl groups excluding tert-OH is 1. The number of likely N-dealkylation sites (N-methyl/N-ethyl adjacent to an activating group) is 1. The number of rotatable bonds is 7. The van der Waals surface area contributed by atoms with Gasteiger partial charge >= 0.3 is 0 Å². The number of fused-ring (bicyclic) bond motifs is 1. The summed E-state index contributed by atoms with van der Waals surface area (Å²) < 4.78 is 34.9. The summed E-state index contributed by atoms with van der Waals surface area (Å²) in [5.74, 6) is 6.41. The van der Waals surface area contributed by atoms with Gasteiger partial charge in [0.2, 0.25) is 10.0 Å². The molecule has 1 aliphatic rings. The molecule has 34 heavy (non-hydrogen) atoms. The van der Waals surface area contributed by atoms with Gasteiger partial charge in [0.1, 0.15) is 16.7 Å². The van der Waals surface area contributed by atoms with E-state index in [2.05, 4.69) is 28.6 Å². The lowest BCUT2D eigenvalue weighted by Gasteiger charge is -2.37. The molecule has 0 bridgehead atoms. The van der Waals surface area contributed by atoms with Gasteiger partial charge in [0.15, 0.2) is 0 Å². The van der Waals surface area contributed by atoms with Gasteiger partial charge in [0.25, 0.3) is 0 Å². The lowest BCUT2D eigenvalue weighted by molar-refractivity contribution is 0.0730. The summed E-state index contributed by atoms with van der Waals surface area (Å²) in [6.45, 7) is 7.01. The predicted octanol–water partition coefficient (Wildman–Crippen LogP) is 3.13. The average molecular weight is 486 g/mol. The molecular formula is C26H35N3O4S. The van der Waals surface area contributed by atoms with Crippen LogP contribution < -0.4 is 4.74 Å². The Morgan fingerprint density at radius 2 is 2.12 bits per heavy atom. The highest BCUT2D eigenvalue weighted by Gasteiger charge is 2.38. The second-order valence-corrected chi connectivity index (χ2v) is 10.8. The van der Waals surface area contributed by atoms with E-state index < -0.39 is 16.1 Å². The van der Waals surface area contributed by atoms with Crippen LogP contribution in [0.1, 0.15) is 44.9 Å². The third-order valence-electron chi connectivity index (χ3n) is 5.92. The first-order chi connectivity index (χ1) is 16.3. The zero-order valence-corrected chi connectivity index (χ0v) is 21.3. The maximum Gasteiger partial charge on any atom is 0.247 e. The minimum Gasteiger partial charge on any atom is -0.487 e. The van der Waals surface area contributed by atoms with Crippen LogP contribution in [-0.4, -0.2) is 66.6 Å². The van der Waals surface area contributed by atoms with Crippen molar-refractivity contribution in [2.24, 2.45) is 5.92 Å². The minimum absolute atomic E-state index is 0.109. The monoisotopic (exact) mass is 485 g/mol. The standard InChI is InChI=1S/C26H35N3O4S/c1-5-6-7-10-22-12-13-26-24(15-22)33-25(18-28(4)17-23-11-8-9-14-27-23)20(2)16-29(21(3)19-30)34(26,31)32/h8-9,11-15,20-21,25,30H,5-6,16-19H2,1-4H3/t20-,21+,25-/m1/s1. The normalized spacial score (nSPS) is 20.9. The van der Waals surface area contributed by atoms with Crippen LogP contribution in [0.4, 0.5) is 0 Å². The van der Waals surface area contributed by atoms with Crippen molar-refractivity contribution in [1.29, 1.82) is 0 Å². The molecule has 2 aromatic rings. The molecule has 0 amide bonds. The summed E-state index contributed by atoms with van der Waals surface area (Å²) in [5, 5.41) is 9.78. The van der Waals surface area contributed by atoms with Crippen molar-refractivity contribution >= 4 is 10.0 Å². The van der Waals surface area contributed by atoms with E-state index in [0.717, 1.165) is 24.1 Å². The number of aromatic nitrogens is 1. The molecule has 0 fully saturated rings. The molecule has 0 saturated heterocycles. The Bertz CT molecular complexity index is 1110. The van der Waals surface area contributed by atoms with Crippen molar-refractivity contribution in [3.63, 3.8) is 0 Å². The lowest BCUT2D eigenvalue weighted by Crippen LogP contribution is -2.49. The molecule has 8 heteroatoms. The van der Waals surface area contributed by atoms with Gasteiger partial charge in [-0.2, -0.15) is 4.31 Å². The number of unbranched alkanes of at least 4 members (excludes halogenated alkanes) is 1. The van der Waals surface area contributed by atoms with Gasteiger partial charge in [0.05, 0.1) is 12.3 Å². The Morgan fingerprint density at radius 3 is 2.79 bits per heavy atom. The van der Waals surface area contributed by atoms with Gasteiger partial charge in [-0.3, -0.25) is 9.88 Å². The highest BCUT2D eigenvalue weighted by molar-refractivity contribution is 7.89. The number of ether oxygens (including phenoxy) is 1. The van der Waals surface area contributed by atoms with Gasteiger partial charge in [-0.25, -0.2) is 8.42 Å². The van der Waals surface area contributed by atoms with Gasteiger partial charge in [0, 0.05) is 49.8 Å². The Morgan fingerprint density at radius 1 is 1.32 bits per heavy atom. The van der Waals surface area contributed by atoms with Crippen molar-refractivity contribution in [3.8, 4) is 17.6 Å². The van der Waals surface area contributed by atoms with E-state index in [9.17, 15) is 13.5 Å². The summed E-state index contributed by atoms with van der Waals surface area (Å²) in [6.07, 6.45) is 3.24. The zero-order chi connectivity index (χ0) is 24.7. The van der Waals surface area contributed by atoms with Crippen LogP contribution in [-0.2, 0) is 16.6 Å². The topological polar surface area (TPSA) is 83.0 Å². The summed E-state index contributed by atoms with van der Waals surface area (Å²) in [7, 11) is -1.85. The first-order valence-electron chi connectivity index (χ1n) is 11.8. The molecule has 0 saturated carbocycles. The second kappa shape index (κ2) is 11.8. The molecule has 1 N–H and O–H groups in total. The number of sulfonamides is 1. The van der Waals surface area contributed by atoms with Crippen LogP contribution in [0.2, 0.25) is 0 Å². The van der Waals surface area contributed by atoms with Gasteiger partial charge in [-0.15, -0.1) is 0 Å². The summed E-state index contributed by atoms with van der Waals surface area (Å²) >= 11 is 0. The SMILES string of the molecule is CCCC#Cc1ccc2c(c1)O[C@H](CN(C)Cc1ccccn1)[C@H](C)CN([C@@H](C)CO)S2(=O)=O. The van der Waals surface area contributed by atoms with Crippen molar-refractivity contribution in [1.82, 2.24) is 14.2 Å². The molecule has 1 aromatic carbocycles. The second-order valence-electron chi connectivity index (χ2n) is 8.97. The van der Waals surface area contributed by atoms with Crippen molar-refractivity contribution < 1.29 is 18.3 Å². The molecular weight excluding hydrogens is 450 g/mol. The average Bonchev–Trinajstić information content (AvgIpc) is 2.81. The van der Waals surface area contributed by atoms with E-state index in [-0.39, 0.29) is 30.1 Å². The molecule has 0 unspecified atom stereocenters. The van der Waals surface area contributed by atoms with Crippen LogP contribution in [0.15, 0.2) is 47.5 Å². The molecule has 0 radical (unpaired) electrons. The predicted molar refractivity (Wildman–Crippen MR) is 133 cm³/mol. The van der Waals surface area contributed by atoms with Crippen LogP contribution in [0.5, 0.6) is 5.75 Å². The highest BCUT2D eigenvalue weighted by atomic mass is 32.2. The summed E-state index contributed by atoms with van der Waals surface area (Å²) in [6, 6.07) is 10.3. The molecule has 7 nitrogen and oxygen atoms in total. The van der Waals surface area contributed by atoms with Crippen LogP contribution in [0, 0.1) is 17.8 Å². The molecule has 1 aromatic heterocycles. The van der Waals surface area contributed by atoms with Crippen molar-refractivity contribution in [2.75, 3.05) is 26.7 Å². The third kappa shape index (κ3) is 6.36. The van der Waals surface area contributed by atoms with E-state index in [1.54, 1.807) is 31.3 Å². The number of hydrogen-bond donors (Lipinski definition) is 1. The van der Waals surface area contributed by atoms with Crippen LogP contribution in [0.3, 0.4) is 0 Å². The molecule has 1 aliphatic heterocycles. The lowest BCUT2D eigenvalue weighted by atomic mass is 10.0. The first-order valence-corrected chi connectivity index (χ1v) is 13.2. The van der Waals surface area contributed by atoms with Crippen LogP contribution >= 0.6 is 0 Å².